The van der Waals surface area contributed by atoms with Crippen molar-refractivity contribution in [3.05, 3.63) is 40.4 Å². The summed E-state index contributed by atoms with van der Waals surface area (Å²) in [7, 11) is 0. The van der Waals surface area contributed by atoms with Crippen LogP contribution in [0.4, 0.5) is 5.69 Å². The molecule has 1 heterocycles. The zero-order valence-corrected chi connectivity index (χ0v) is 12.2. The average Bonchev–Trinajstić information content (AvgIpc) is 2.66. The largest absolute Gasteiger partial charge is 0.274 e. The van der Waals surface area contributed by atoms with Gasteiger partial charge in [0.15, 0.2) is 0 Å². The molecule has 98 valence electrons. The molecule has 1 saturated heterocycles. The number of nitrogens with zero attached hydrogens (tertiary/aromatic N) is 1. The van der Waals surface area contributed by atoms with Crippen LogP contribution in [0.25, 0.3) is 0 Å². The van der Waals surface area contributed by atoms with Gasteiger partial charge in [-0.1, -0.05) is 34.1 Å². The monoisotopic (exact) mass is 319 g/mol. The second-order valence-electron chi connectivity index (χ2n) is 5.10. The number of anilines is 1. The highest BCUT2D eigenvalue weighted by Gasteiger charge is 2.48. The Bertz CT molecular complexity index is 568. The minimum absolute atomic E-state index is 0.0550. The maximum absolute atomic E-state index is 12.5. The molecule has 0 saturated carbocycles. The molecule has 0 N–H and O–H groups in total. The molecule has 1 aliphatic carbocycles. The van der Waals surface area contributed by atoms with E-state index in [4.69, 9.17) is 0 Å². The number of aryl methyl sites for hydroxylation is 1. The van der Waals surface area contributed by atoms with Crippen LogP contribution in [-0.4, -0.2) is 11.8 Å². The number of amides is 2. The normalized spacial score (nSPS) is 25.9. The highest BCUT2D eigenvalue weighted by Crippen LogP contribution is 2.39. The van der Waals surface area contributed by atoms with Crippen LogP contribution in [0, 0.1) is 18.8 Å². The second kappa shape index (κ2) is 4.60. The lowest BCUT2D eigenvalue weighted by molar-refractivity contribution is -0.122. The third-order valence-corrected chi connectivity index (χ3v) is 4.41. The van der Waals surface area contributed by atoms with Gasteiger partial charge >= 0.3 is 0 Å². The number of imide groups is 1. The van der Waals surface area contributed by atoms with Crippen molar-refractivity contribution < 1.29 is 9.59 Å². The first-order valence-electron chi connectivity index (χ1n) is 6.38. The molecule has 1 aliphatic heterocycles. The highest BCUT2D eigenvalue weighted by atomic mass is 79.9. The minimum atomic E-state index is -0.170. The van der Waals surface area contributed by atoms with E-state index in [2.05, 4.69) is 15.9 Å². The van der Waals surface area contributed by atoms with Crippen molar-refractivity contribution in [3.8, 4) is 0 Å². The van der Waals surface area contributed by atoms with E-state index in [-0.39, 0.29) is 23.7 Å². The van der Waals surface area contributed by atoms with Gasteiger partial charge in [-0.2, -0.15) is 0 Å². The average molecular weight is 320 g/mol. The van der Waals surface area contributed by atoms with Crippen LogP contribution in [-0.2, 0) is 9.59 Å². The van der Waals surface area contributed by atoms with E-state index in [1.807, 2.05) is 37.3 Å². The molecule has 19 heavy (non-hydrogen) atoms. The number of halogens is 1. The zero-order valence-electron chi connectivity index (χ0n) is 10.6. The number of rotatable bonds is 1. The van der Waals surface area contributed by atoms with Crippen LogP contribution >= 0.6 is 15.9 Å². The molecule has 2 amide bonds. The van der Waals surface area contributed by atoms with E-state index in [1.165, 1.54) is 4.90 Å². The summed E-state index contributed by atoms with van der Waals surface area (Å²) in [6, 6.07) is 5.68. The number of carbonyl (C=O) groups excluding carboxylic acids is 2. The van der Waals surface area contributed by atoms with E-state index in [0.29, 0.717) is 18.5 Å². The minimum Gasteiger partial charge on any atom is -0.274 e. The van der Waals surface area contributed by atoms with Gasteiger partial charge in [-0.3, -0.25) is 9.59 Å². The van der Waals surface area contributed by atoms with Crippen molar-refractivity contribution in [3.63, 3.8) is 0 Å². The molecule has 3 rings (SSSR count). The topological polar surface area (TPSA) is 37.4 Å². The Morgan fingerprint density at radius 1 is 1.11 bits per heavy atom. The highest BCUT2D eigenvalue weighted by molar-refractivity contribution is 9.10. The van der Waals surface area contributed by atoms with E-state index in [1.54, 1.807) is 0 Å². The van der Waals surface area contributed by atoms with Gasteiger partial charge in [0.25, 0.3) is 0 Å². The van der Waals surface area contributed by atoms with E-state index >= 15 is 0 Å². The molecule has 0 radical (unpaired) electrons. The number of fused-ring (bicyclic) bond motifs is 1. The number of benzene rings is 1. The summed E-state index contributed by atoms with van der Waals surface area (Å²) in [6.45, 7) is 1.92. The van der Waals surface area contributed by atoms with Crippen LogP contribution in [0.15, 0.2) is 34.8 Å². The molecule has 1 fully saturated rings. The first-order valence-corrected chi connectivity index (χ1v) is 7.18. The van der Waals surface area contributed by atoms with Gasteiger partial charge in [-0.15, -0.1) is 0 Å². The van der Waals surface area contributed by atoms with Crippen LogP contribution in [0.2, 0.25) is 0 Å². The third-order valence-electron chi connectivity index (χ3n) is 3.92. The predicted octanol–water partition coefficient (Wildman–Crippen LogP) is 3.21. The molecule has 2 aliphatic rings. The van der Waals surface area contributed by atoms with Gasteiger partial charge in [0, 0.05) is 4.47 Å². The van der Waals surface area contributed by atoms with Crippen molar-refractivity contribution in [1.29, 1.82) is 0 Å². The molecule has 0 aromatic heterocycles. The Morgan fingerprint density at radius 2 is 1.68 bits per heavy atom. The maximum Gasteiger partial charge on any atom is 0.238 e. The van der Waals surface area contributed by atoms with Crippen LogP contribution in [0.3, 0.4) is 0 Å². The molecule has 0 unspecified atom stereocenters. The van der Waals surface area contributed by atoms with E-state index < -0.39 is 0 Å². The molecule has 0 bridgehead atoms. The van der Waals surface area contributed by atoms with E-state index in [0.717, 1.165) is 10.0 Å². The Kier molecular flexibility index (Phi) is 3.05. The Balaban J connectivity index is 2.04. The number of hydrogen-bond donors (Lipinski definition) is 0. The lowest BCUT2D eigenvalue weighted by atomic mass is 9.85. The molecule has 3 nitrogen and oxygen atoms in total. The Hall–Kier alpha value is -1.42. The molecule has 4 heteroatoms. The lowest BCUT2D eigenvalue weighted by Gasteiger charge is -2.17. The van der Waals surface area contributed by atoms with Gasteiger partial charge in [0.2, 0.25) is 11.8 Å². The first-order chi connectivity index (χ1) is 9.09. The number of carbonyl (C=O) groups is 2. The fourth-order valence-electron chi connectivity index (χ4n) is 2.86. The molecule has 2 atom stereocenters. The summed E-state index contributed by atoms with van der Waals surface area (Å²) in [5.74, 6) is -0.451. The van der Waals surface area contributed by atoms with Crippen molar-refractivity contribution >= 4 is 33.4 Å². The summed E-state index contributed by atoms with van der Waals surface area (Å²) in [6.07, 6.45) is 5.37. The van der Waals surface area contributed by atoms with Crippen molar-refractivity contribution in [2.75, 3.05) is 4.90 Å². The summed E-state index contributed by atoms with van der Waals surface area (Å²) in [5, 5.41) is 0. The predicted molar refractivity (Wildman–Crippen MR) is 76.7 cm³/mol. The lowest BCUT2D eigenvalue weighted by Crippen LogP contribution is -2.31. The fraction of sp³-hybridized carbons (Fsp3) is 0.333. The van der Waals surface area contributed by atoms with Gasteiger partial charge < -0.3 is 0 Å². The summed E-state index contributed by atoms with van der Waals surface area (Å²) in [5.41, 5.74) is 1.65. The second-order valence-corrected chi connectivity index (χ2v) is 6.01. The van der Waals surface area contributed by atoms with Gasteiger partial charge in [-0.25, -0.2) is 4.90 Å². The van der Waals surface area contributed by atoms with Crippen molar-refractivity contribution in [2.45, 2.75) is 19.8 Å². The molecular weight excluding hydrogens is 306 g/mol. The number of allylic oxidation sites excluding steroid dienone is 2. The smallest absolute Gasteiger partial charge is 0.238 e. The summed E-state index contributed by atoms with van der Waals surface area (Å²) < 4.78 is 0.877. The SMILES string of the molecule is Cc1ccc(Br)cc1N1C(=O)[C@H]2CC=CC[C@H]2C1=O. The third kappa shape index (κ3) is 1.94. The van der Waals surface area contributed by atoms with Crippen LogP contribution in [0.1, 0.15) is 18.4 Å². The van der Waals surface area contributed by atoms with Gasteiger partial charge in [0.05, 0.1) is 17.5 Å². The Morgan fingerprint density at radius 3 is 2.26 bits per heavy atom. The first kappa shape index (κ1) is 12.6. The van der Waals surface area contributed by atoms with Crippen molar-refractivity contribution in [1.82, 2.24) is 0 Å². The quantitative estimate of drug-likeness (QED) is 0.588. The molecule has 1 aromatic carbocycles. The maximum atomic E-state index is 12.5. The molecule has 0 spiro atoms. The molecular formula is C15H14BrNO2. The van der Waals surface area contributed by atoms with Crippen LogP contribution in [0.5, 0.6) is 0 Å². The Labute approximate surface area is 120 Å². The van der Waals surface area contributed by atoms with Gasteiger partial charge in [-0.05, 0) is 37.5 Å². The van der Waals surface area contributed by atoms with E-state index in [9.17, 15) is 9.59 Å². The fourth-order valence-corrected chi connectivity index (χ4v) is 3.21. The van der Waals surface area contributed by atoms with Gasteiger partial charge in [0.1, 0.15) is 0 Å². The zero-order chi connectivity index (χ0) is 13.6. The summed E-state index contributed by atoms with van der Waals surface area (Å²) >= 11 is 3.40. The molecule has 1 aromatic rings. The van der Waals surface area contributed by atoms with Crippen LogP contribution < -0.4 is 4.90 Å². The van der Waals surface area contributed by atoms with Crippen molar-refractivity contribution in [2.24, 2.45) is 11.8 Å². The summed E-state index contributed by atoms with van der Waals surface area (Å²) in [4.78, 5) is 26.3. The standard InChI is InChI=1S/C15H14BrNO2/c1-9-6-7-10(16)8-13(9)17-14(18)11-4-2-3-5-12(11)15(17)19/h2-3,6-8,11-12H,4-5H2,1H3/t11-,12+. The number of hydrogen-bond acceptors (Lipinski definition) is 2.